The molecule has 0 heterocycles. The summed E-state index contributed by atoms with van der Waals surface area (Å²) >= 11 is 0. The molecule has 2 aromatic carbocycles. The van der Waals surface area contributed by atoms with Crippen LogP contribution in [0.3, 0.4) is 0 Å². The Morgan fingerprint density at radius 2 is 1.17 bits per heavy atom. The van der Waals surface area contributed by atoms with E-state index in [9.17, 15) is 24.0 Å². The smallest absolute Gasteiger partial charge is 0.408 e. The summed E-state index contributed by atoms with van der Waals surface area (Å²) in [5.74, 6) is -2.89. The van der Waals surface area contributed by atoms with E-state index in [0.29, 0.717) is 0 Å². The normalized spacial score (nSPS) is 12.6. The Balaban J connectivity index is 2.06. The van der Waals surface area contributed by atoms with Gasteiger partial charge in [0.05, 0.1) is 6.54 Å². The summed E-state index contributed by atoms with van der Waals surface area (Å²) in [5, 5.41) is 16.5. The molecule has 4 amide bonds. The highest BCUT2D eigenvalue weighted by molar-refractivity contribution is 5.89. The molecule has 0 radical (unpaired) electrons. The van der Waals surface area contributed by atoms with Gasteiger partial charge in [0.15, 0.2) is 0 Å². The van der Waals surface area contributed by atoms with E-state index < -0.39 is 54.0 Å². The van der Waals surface area contributed by atoms with E-state index in [4.69, 9.17) is 9.84 Å². The van der Waals surface area contributed by atoms with E-state index in [-0.39, 0.29) is 19.4 Å². The number of benzene rings is 2. The molecule has 0 bridgehead atoms. The van der Waals surface area contributed by atoms with Gasteiger partial charge < -0.3 is 20.5 Å². The lowest BCUT2D eigenvalue weighted by molar-refractivity contribution is -0.141. The number of hydrogen-bond acceptors (Lipinski definition) is 8. The number of nitrogens with zero attached hydrogens (tertiary/aromatic N) is 2. The molecule has 0 unspecified atom stereocenters. The maximum Gasteiger partial charge on any atom is 0.408 e. The minimum absolute atomic E-state index is 0.147. The van der Waals surface area contributed by atoms with E-state index in [1.165, 1.54) is 19.1 Å². The van der Waals surface area contributed by atoms with Gasteiger partial charge in [-0.2, -0.15) is 0 Å². The van der Waals surface area contributed by atoms with Gasteiger partial charge in [-0.25, -0.2) is 14.8 Å². The maximum atomic E-state index is 13.1. The lowest BCUT2D eigenvalue weighted by Gasteiger charge is -2.26. The van der Waals surface area contributed by atoms with Crippen molar-refractivity contribution >= 4 is 29.8 Å². The number of hydrazine groups is 2. The number of hydrogen-bond donors (Lipinski definition) is 5. The number of likely N-dealkylation sites (N-methyl/N-ethyl adjacent to an activating group) is 2. The first-order valence-electron chi connectivity index (χ1n) is 13.3. The van der Waals surface area contributed by atoms with E-state index >= 15 is 0 Å². The van der Waals surface area contributed by atoms with Crippen molar-refractivity contribution < 1.29 is 33.8 Å². The molecule has 0 spiro atoms. The van der Waals surface area contributed by atoms with Gasteiger partial charge in [-0.05, 0) is 31.9 Å². The molecular weight excluding hydrogens is 544 g/mol. The fourth-order valence-electron chi connectivity index (χ4n) is 3.84. The number of amides is 4. The highest BCUT2D eigenvalue weighted by atomic mass is 16.6. The van der Waals surface area contributed by atoms with Gasteiger partial charge in [0, 0.05) is 26.9 Å². The van der Waals surface area contributed by atoms with E-state index in [1.807, 2.05) is 36.4 Å². The van der Waals surface area contributed by atoms with Crippen LogP contribution >= 0.6 is 0 Å². The van der Waals surface area contributed by atoms with Crippen molar-refractivity contribution in [3.8, 4) is 0 Å². The Kier molecular flexibility index (Phi) is 12.9. The molecule has 0 fully saturated rings. The number of carboxylic acids is 1. The first-order chi connectivity index (χ1) is 19.7. The summed E-state index contributed by atoms with van der Waals surface area (Å²) in [4.78, 5) is 62.4. The van der Waals surface area contributed by atoms with Gasteiger partial charge in [-0.15, -0.1) is 0 Å². The van der Waals surface area contributed by atoms with Crippen molar-refractivity contribution in [2.75, 3.05) is 27.2 Å². The lowest BCUT2D eigenvalue weighted by Crippen LogP contribution is -2.57. The van der Waals surface area contributed by atoms with Crippen LogP contribution in [-0.4, -0.2) is 89.8 Å². The molecule has 42 heavy (non-hydrogen) atoms. The van der Waals surface area contributed by atoms with Gasteiger partial charge in [0.2, 0.25) is 5.91 Å². The van der Waals surface area contributed by atoms with E-state index in [0.717, 1.165) is 16.1 Å². The van der Waals surface area contributed by atoms with E-state index in [1.54, 1.807) is 45.0 Å². The second-order valence-corrected chi connectivity index (χ2v) is 10.8. The minimum Gasteiger partial charge on any atom is -0.480 e. The molecule has 2 rings (SSSR count). The predicted molar refractivity (Wildman–Crippen MR) is 155 cm³/mol. The molecule has 13 heteroatoms. The minimum atomic E-state index is -1.13. The second kappa shape index (κ2) is 16.1. The van der Waals surface area contributed by atoms with Crippen molar-refractivity contribution in [1.29, 1.82) is 0 Å². The highest BCUT2D eigenvalue weighted by Crippen LogP contribution is 2.09. The van der Waals surface area contributed by atoms with Gasteiger partial charge in [0.25, 0.3) is 11.8 Å². The van der Waals surface area contributed by atoms with Crippen LogP contribution in [0, 0.1) is 0 Å². The number of carboxylic acid groups (broad SMARTS) is 1. The Morgan fingerprint density at radius 1 is 0.738 bits per heavy atom. The fraction of sp³-hybridized carbons (Fsp3) is 0.414. The van der Waals surface area contributed by atoms with E-state index in [2.05, 4.69) is 21.5 Å². The zero-order valence-corrected chi connectivity index (χ0v) is 24.5. The molecule has 13 nitrogen and oxygen atoms in total. The van der Waals surface area contributed by atoms with Crippen LogP contribution in [0.1, 0.15) is 31.9 Å². The SMILES string of the molecule is CN(CC(=O)O)NC(=O)[C@H](Cc1ccccc1)NC(=O)CN(C)NC(=O)[C@H](Cc1ccccc1)NC(=O)OC(C)(C)C. The Labute approximate surface area is 245 Å². The number of aliphatic carboxylic acids is 1. The molecule has 0 aliphatic rings. The molecule has 0 saturated heterocycles. The van der Waals surface area contributed by atoms with Crippen LogP contribution in [-0.2, 0) is 36.8 Å². The summed E-state index contributed by atoms with van der Waals surface area (Å²) in [6, 6.07) is 16.1. The first-order valence-corrected chi connectivity index (χ1v) is 13.3. The second-order valence-electron chi connectivity index (χ2n) is 10.8. The van der Waals surface area contributed by atoms with Crippen molar-refractivity contribution in [3.63, 3.8) is 0 Å². The molecule has 0 saturated carbocycles. The Bertz CT molecular complexity index is 1200. The van der Waals surface area contributed by atoms with Gasteiger partial charge in [-0.3, -0.25) is 30.0 Å². The summed E-state index contributed by atoms with van der Waals surface area (Å²) in [7, 11) is 2.87. The zero-order valence-electron chi connectivity index (χ0n) is 24.5. The predicted octanol–water partition coefficient (Wildman–Crippen LogP) is 0.861. The van der Waals surface area contributed by atoms with Gasteiger partial charge in [0.1, 0.15) is 24.2 Å². The van der Waals surface area contributed by atoms with Crippen molar-refractivity contribution in [3.05, 3.63) is 71.8 Å². The summed E-state index contributed by atoms with van der Waals surface area (Å²) in [6.45, 7) is 4.37. The van der Waals surface area contributed by atoms with Gasteiger partial charge in [-0.1, -0.05) is 60.7 Å². The molecule has 0 aliphatic heterocycles. The lowest BCUT2D eigenvalue weighted by atomic mass is 10.1. The van der Waals surface area contributed by atoms with Crippen LogP contribution in [0.5, 0.6) is 0 Å². The van der Waals surface area contributed by atoms with Crippen LogP contribution in [0.25, 0.3) is 0 Å². The monoisotopic (exact) mass is 584 g/mol. The summed E-state index contributed by atoms with van der Waals surface area (Å²) in [6.07, 6.45) is -0.439. The topological polar surface area (TPSA) is 169 Å². The number of nitrogens with one attached hydrogen (secondary N) is 4. The third kappa shape index (κ3) is 13.2. The first kappa shape index (κ1) is 33.7. The quantitative estimate of drug-likeness (QED) is 0.202. The molecular formula is C29H40N6O7. The zero-order chi connectivity index (χ0) is 31.3. The number of carbonyl (C=O) groups excluding carboxylic acids is 4. The average molecular weight is 585 g/mol. The van der Waals surface area contributed by atoms with Crippen LogP contribution in [0.4, 0.5) is 4.79 Å². The van der Waals surface area contributed by atoms with Crippen molar-refractivity contribution in [2.24, 2.45) is 0 Å². The van der Waals surface area contributed by atoms with Crippen molar-refractivity contribution in [2.45, 2.75) is 51.3 Å². The molecule has 0 aliphatic carbocycles. The third-order valence-electron chi connectivity index (χ3n) is 5.58. The van der Waals surface area contributed by atoms with Crippen LogP contribution < -0.4 is 21.5 Å². The van der Waals surface area contributed by atoms with Crippen LogP contribution in [0.2, 0.25) is 0 Å². The standard InChI is InChI=1S/C29H40N6O7/c1-29(2,3)42-28(41)31-23(17-21-14-10-7-11-15-21)27(40)32-34(4)18-24(36)30-22(16-20-12-8-6-9-13-20)26(39)33-35(5)19-25(37)38/h6-15,22-23H,16-19H2,1-5H3,(H,30,36)(H,31,41)(H,32,40)(H,33,39)(H,37,38)/t22-,23-/m0/s1. The molecule has 2 atom stereocenters. The fourth-order valence-corrected chi connectivity index (χ4v) is 3.84. The molecule has 5 N–H and O–H groups in total. The molecule has 228 valence electrons. The molecule has 2 aromatic rings. The Hall–Kier alpha value is -4.49. The third-order valence-corrected chi connectivity index (χ3v) is 5.58. The van der Waals surface area contributed by atoms with Gasteiger partial charge >= 0.3 is 12.1 Å². The average Bonchev–Trinajstić information content (AvgIpc) is 2.87. The summed E-state index contributed by atoms with van der Waals surface area (Å²) < 4.78 is 5.31. The highest BCUT2D eigenvalue weighted by Gasteiger charge is 2.27. The number of ether oxygens (including phenoxy) is 1. The summed E-state index contributed by atoms with van der Waals surface area (Å²) in [5.41, 5.74) is 5.86. The molecule has 0 aromatic heterocycles. The Morgan fingerprint density at radius 3 is 1.60 bits per heavy atom. The van der Waals surface area contributed by atoms with Crippen LogP contribution in [0.15, 0.2) is 60.7 Å². The number of carbonyl (C=O) groups is 5. The largest absolute Gasteiger partial charge is 0.480 e. The number of alkyl carbamates (subject to hydrolysis) is 1. The van der Waals surface area contributed by atoms with Crippen molar-refractivity contribution in [1.82, 2.24) is 31.5 Å². The maximum absolute atomic E-state index is 13.1. The number of rotatable bonds is 14.